The average Bonchev–Trinajstić information content (AvgIpc) is 3.05. The first-order chi connectivity index (χ1) is 8.71. The van der Waals surface area contributed by atoms with Gasteiger partial charge in [-0.2, -0.15) is 4.31 Å². The number of hydrogen-bond donors (Lipinski definition) is 1. The molecule has 0 radical (unpaired) electrons. The largest absolute Gasteiger partial charge is 0.481 e. The van der Waals surface area contributed by atoms with Crippen LogP contribution in [0.5, 0.6) is 0 Å². The summed E-state index contributed by atoms with van der Waals surface area (Å²) in [6, 6.07) is -0.269. The topological polar surface area (TPSA) is 95.0 Å². The Morgan fingerprint density at radius 1 is 1.21 bits per heavy atom. The summed E-state index contributed by atoms with van der Waals surface area (Å²) in [5.41, 5.74) is 0. The van der Waals surface area contributed by atoms with E-state index in [9.17, 15) is 18.0 Å². The molecule has 0 aromatic heterocycles. The van der Waals surface area contributed by atoms with Crippen molar-refractivity contribution in [3.8, 4) is 0 Å². The molecule has 0 aromatic carbocycles. The molecule has 1 heterocycles. The second-order valence-corrected chi connectivity index (χ2v) is 7.23. The van der Waals surface area contributed by atoms with E-state index in [-0.39, 0.29) is 18.5 Å². The molecule has 2 rings (SSSR count). The van der Waals surface area contributed by atoms with E-state index in [2.05, 4.69) is 0 Å². The van der Waals surface area contributed by atoms with Gasteiger partial charge in [0, 0.05) is 25.7 Å². The van der Waals surface area contributed by atoms with Crippen LogP contribution in [0.1, 0.15) is 13.3 Å². The van der Waals surface area contributed by atoms with Gasteiger partial charge < -0.3 is 10.0 Å². The zero-order valence-corrected chi connectivity index (χ0v) is 11.8. The van der Waals surface area contributed by atoms with Crippen molar-refractivity contribution >= 4 is 21.9 Å². The van der Waals surface area contributed by atoms with Crippen molar-refractivity contribution in [2.75, 3.05) is 25.9 Å². The fourth-order valence-corrected chi connectivity index (χ4v) is 3.74. The maximum Gasteiger partial charge on any atom is 0.307 e. The highest BCUT2D eigenvalue weighted by atomic mass is 32.2. The molecule has 7 nitrogen and oxygen atoms in total. The standard InChI is InChI=1S/C11H18N2O5S/c1-7-6-12(3-4-13(7)19(2,17)18)10(14)8-5-9(8)11(15)16/h7-9H,3-6H2,1-2H3,(H,15,16)/t7-,8?,9?/m0/s1. The number of carbonyl (C=O) groups is 2. The van der Waals surface area contributed by atoms with Gasteiger partial charge in [0.05, 0.1) is 18.1 Å². The summed E-state index contributed by atoms with van der Waals surface area (Å²) < 4.78 is 24.4. The smallest absolute Gasteiger partial charge is 0.307 e. The molecule has 0 spiro atoms. The van der Waals surface area contributed by atoms with Gasteiger partial charge in [-0.15, -0.1) is 0 Å². The van der Waals surface area contributed by atoms with Gasteiger partial charge in [0.25, 0.3) is 0 Å². The number of carbonyl (C=O) groups excluding carboxylic acids is 1. The Labute approximate surface area is 112 Å². The monoisotopic (exact) mass is 290 g/mol. The maximum absolute atomic E-state index is 12.1. The van der Waals surface area contributed by atoms with Crippen LogP contribution in [0.3, 0.4) is 0 Å². The minimum atomic E-state index is -3.25. The molecular weight excluding hydrogens is 272 g/mol. The molecule has 1 saturated heterocycles. The Kier molecular flexibility index (Phi) is 3.57. The first-order valence-electron chi connectivity index (χ1n) is 6.20. The van der Waals surface area contributed by atoms with Crippen LogP contribution in [0.25, 0.3) is 0 Å². The maximum atomic E-state index is 12.1. The normalized spacial score (nSPS) is 32.1. The average molecular weight is 290 g/mol. The van der Waals surface area contributed by atoms with Crippen molar-refractivity contribution in [3.05, 3.63) is 0 Å². The van der Waals surface area contributed by atoms with Gasteiger partial charge in [0.2, 0.25) is 15.9 Å². The van der Waals surface area contributed by atoms with Crippen molar-refractivity contribution in [2.24, 2.45) is 11.8 Å². The summed E-state index contributed by atoms with van der Waals surface area (Å²) in [5, 5.41) is 8.81. The number of hydrogen-bond acceptors (Lipinski definition) is 4. The third kappa shape index (κ3) is 2.89. The number of carboxylic acid groups (broad SMARTS) is 1. The number of aliphatic carboxylic acids is 1. The van der Waals surface area contributed by atoms with Crippen molar-refractivity contribution in [1.29, 1.82) is 0 Å². The first-order valence-corrected chi connectivity index (χ1v) is 8.05. The van der Waals surface area contributed by atoms with Crippen LogP contribution in [0.4, 0.5) is 0 Å². The SMILES string of the molecule is C[C@H]1CN(C(=O)C2CC2C(=O)O)CCN1S(C)(=O)=O. The van der Waals surface area contributed by atoms with Gasteiger partial charge in [0.1, 0.15) is 0 Å². The fraction of sp³-hybridized carbons (Fsp3) is 0.818. The van der Waals surface area contributed by atoms with Crippen LogP contribution >= 0.6 is 0 Å². The number of rotatable bonds is 3. The molecule has 2 unspecified atom stereocenters. The predicted molar refractivity (Wildman–Crippen MR) is 66.8 cm³/mol. The van der Waals surface area contributed by atoms with Gasteiger partial charge in [-0.05, 0) is 13.3 Å². The van der Waals surface area contributed by atoms with E-state index in [1.807, 2.05) is 0 Å². The van der Waals surface area contributed by atoms with E-state index in [0.29, 0.717) is 19.5 Å². The number of sulfonamides is 1. The van der Waals surface area contributed by atoms with E-state index >= 15 is 0 Å². The minimum absolute atomic E-state index is 0.160. The van der Waals surface area contributed by atoms with Gasteiger partial charge in [-0.3, -0.25) is 9.59 Å². The Bertz CT molecular complexity index is 503. The molecule has 8 heteroatoms. The molecule has 1 aliphatic heterocycles. The van der Waals surface area contributed by atoms with E-state index in [1.165, 1.54) is 4.31 Å². The molecule has 19 heavy (non-hydrogen) atoms. The van der Waals surface area contributed by atoms with E-state index in [0.717, 1.165) is 6.26 Å². The van der Waals surface area contributed by atoms with Gasteiger partial charge in [-0.1, -0.05) is 0 Å². The molecule has 0 bridgehead atoms. The summed E-state index contributed by atoms with van der Waals surface area (Å²) in [6.45, 7) is 2.69. The van der Waals surface area contributed by atoms with Crippen LogP contribution in [0.15, 0.2) is 0 Å². The molecule has 2 aliphatic rings. The zero-order valence-electron chi connectivity index (χ0n) is 10.9. The summed E-state index contributed by atoms with van der Waals surface area (Å²) >= 11 is 0. The van der Waals surface area contributed by atoms with E-state index in [4.69, 9.17) is 5.11 Å². The third-order valence-electron chi connectivity index (χ3n) is 3.73. The van der Waals surface area contributed by atoms with Crippen molar-refractivity contribution in [2.45, 2.75) is 19.4 Å². The Hall–Kier alpha value is -1.15. The molecule has 2 fully saturated rings. The van der Waals surface area contributed by atoms with Crippen molar-refractivity contribution < 1.29 is 23.1 Å². The molecule has 0 aromatic rings. The van der Waals surface area contributed by atoms with E-state index < -0.39 is 27.8 Å². The predicted octanol–water partition coefficient (Wildman–Crippen LogP) is -0.801. The molecule has 1 saturated carbocycles. The lowest BCUT2D eigenvalue weighted by Gasteiger charge is -2.38. The molecule has 108 valence electrons. The lowest BCUT2D eigenvalue weighted by molar-refractivity contribution is -0.142. The Balaban J connectivity index is 1.96. The Morgan fingerprint density at radius 3 is 2.26 bits per heavy atom. The Morgan fingerprint density at radius 2 is 1.84 bits per heavy atom. The first kappa shape index (κ1) is 14.3. The van der Waals surface area contributed by atoms with Crippen molar-refractivity contribution in [1.82, 2.24) is 9.21 Å². The number of piperazine rings is 1. The van der Waals surface area contributed by atoms with Crippen molar-refractivity contribution in [3.63, 3.8) is 0 Å². The highest BCUT2D eigenvalue weighted by Gasteiger charge is 2.50. The second kappa shape index (κ2) is 4.75. The summed E-state index contributed by atoms with van der Waals surface area (Å²) in [7, 11) is -3.25. The summed E-state index contributed by atoms with van der Waals surface area (Å²) in [4.78, 5) is 24.4. The fourth-order valence-electron chi connectivity index (χ4n) is 2.61. The van der Waals surface area contributed by atoms with Crippen LogP contribution in [0, 0.1) is 11.8 Å². The highest BCUT2D eigenvalue weighted by Crippen LogP contribution is 2.40. The van der Waals surface area contributed by atoms with Crippen LogP contribution < -0.4 is 0 Å². The number of carboxylic acids is 1. The van der Waals surface area contributed by atoms with E-state index in [1.54, 1.807) is 11.8 Å². The van der Waals surface area contributed by atoms with Gasteiger partial charge >= 0.3 is 5.97 Å². The molecular formula is C11H18N2O5S. The van der Waals surface area contributed by atoms with Gasteiger partial charge in [-0.25, -0.2) is 8.42 Å². The molecule has 1 amide bonds. The molecule has 1 aliphatic carbocycles. The summed E-state index contributed by atoms with van der Waals surface area (Å²) in [5.74, 6) is -2.07. The second-order valence-electron chi connectivity index (χ2n) is 5.29. The lowest BCUT2D eigenvalue weighted by atomic mass is 10.2. The highest BCUT2D eigenvalue weighted by molar-refractivity contribution is 7.88. The number of nitrogens with zero attached hydrogens (tertiary/aromatic N) is 2. The lowest BCUT2D eigenvalue weighted by Crippen LogP contribution is -2.55. The zero-order chi connectivity index (χ0) is 14.4. The number of amides is 1. The quantitative estimate of drug-likeness (QED) is 0.734. The van der Waals surface area contributed by atoms with Crippen LogP contribution in [-0.2, 0) is 19.6 Å². The summed E-state index contributed by atoms with van der Waals surface area (Å²) in [6.07, 6.45) is 1.55. The molecule has 3 atom stereocenters. The third-order valence-corrected chi connectivity index (χ3v) is 5.12. The van der Waals surface area contributed by atoms with Crippen LogP contribution in [-0.4, -0.2) is 66.5 Å². The minimum Gasteiger partial charge on any atom is -0.481 e. The van der Waals surface area contributed by atoms with Crippen LogP contribution in [0.2, 0.25) is 0 Å². The molecule has 1 N–H and O–H groups in total. The van der Waals surface area contributed by atoms with Gasteiger partial charge in [0.15, 0.2) is 0 Å².